The van der Waals surface area contributed by atoms with Gasteiger partial charge >= 0.3 is 5.97 Å². The maximum atomic E-state index is 10.5. The lowest BCUT2D eigenvalue weighted by atomic mass is 9.95. The highest BCUT2D eigenvalue weighted by atomic mass is 16.4. The maximum absolute atomic E-state index is 10.5. The minimum atomic E-state index is -0.712. The summed E-state index contributed by atoms with van der Waals surface area (Å²) in [4.78, 5) is 12.8. The molecule has 1 fully saturated rings. The molecule has 18 heavy (non-hydrogen) atoms. The molecule has 0 saturated carbocycles. The largest absolute Gasteiger partial charge is 0.507 e. The van der Waals surface area contributed by atoms with Gasteiger partial charge in [-0.2, -0.15) is 0 Å². The molecule has 2 N–H and O–H groups in total. The van der Waals surface area contributed by atoms with Crippen LogP contribution in [0.5, 0.6) is 5.75 Å². The highest BCUT2D eigenvalue weighted by Gasteiger charge is 2.28. The molecular weight excluding hydrogens is 230 g/mol. The molecule has 0 bridgehead atoms. The summed E-state index contributed by atoms with van der Waals surface area (Å²) in [5.41, 5.74) is 2.97. The second-order valence-electron chi connectivity index (χ2n) is 5.24. The second-order valence-corrected chi connectivity index (χ2v) is 5.24. The third-order valence-electron chi connectivity index (χ3n) is 3.45. The summed E-state index contributed by atoms with van der Waals surface area (Å²) < 4.78 is 0. The van der Waals surface area contributed by atoms with E-state index in [1.807, 2.05) is 26.0 Å². The normalized spacial score (nSPS) is 16.6. The standard InChI is InChI=1S/C14H19NO3/c1-9-3-11(4-10(2)14(9)18)6-15-7-12(8-15)5-13(16)17/h3-4,12,18H,5-8H2,1-2H3,(H,16,17). The van der Waals surface area contributed by atoms with E-state index in [4.69, 9.17) is 5.11 Å². The Morgan fingerprint density at radius 3 is 2.39 bits per heavy atom. The number of hydrogen-bond acceptors (Lipinski definition) is 3. The van der Waals surface area contributed by atoms with E-state index in [9.17, 15) is 9.90 Å². The van der Waals surface area contributed by atoms with Crippen LogP contribution in [0.3, 0.4) is 0 Å². The molecule has 1 heterocycles. The Morgan fingerprint density at radius 2 is 1.89 bits per heavy atom. The van der Waals surface area contributed by atoms with Gasteiger partial charge in [0.1, 0.15) is 5.75 Å². The second kappa shape index (κ2) is 4.98. The molecule has 4 heteroatoms. The van der Waals surface area contributed by atoms with Crippen LogP contribution < -0.4 is 0 Å². The van der Waals surface area contributed by atoms with Crippen LogP contribution in [0.1, 0.15) is 23.1 Å². The van der Waals surface area contributed by atoms with Crippen LogP contribution in [0.25, 0.3) is 0 Å². The van der Waals surface area contributed by atoms with Crippen molar-refractivity contribution in [3.63, 3.8) is 0 Å². The number of rotatable bonds is 4. The molecule has 1 aromatic carbocycles. The van der Waals surface area contributed by atoms with Crippen molar-refractivity contribution in [1.82, 2.24) is 4.90 Å². The van der Waals surface area contributed by atoms with Crippen LogP contribution in [0.15, 0.2) is 12.1 Å². The van der Waals surface area contributed by atoms with Crippen LogP contribution in [0, 0.1) is 19.8 Å². The van der Waals surface area contributed by atoms with E-state index in [0.29, 0.717) is 11.7 Å². The summed E-state index contributed by atoms with van der Waals surface area (Å²) in [7, 11) is 0. The Labute approximate surface area is 107 Å². The number of carboxylic acids is 1. The van der Waals surface area contributed by atoms with Crippen molar-refractivity contribution in [3.8, 4) is 5.75 Å². The molecule has 0 unspecified atom stereocenters. The Kier molecular flexibility index (Phi) is 3.57. The predicted molar refractivity (Wildman–Crippen MR) is 68.6 cm³/mol. The SMILES string of the molecule is Cc1cc(CN2CC(CC(=O)O)C2)cc(C)c1O. The van der Waals surface area contributed by atoms with Crippen molar-refractivity contribution >= 4 is 5.97 Å². The van der Waals surface area contributed by atoms with Gasteiger partial charge in [-0.1, -0.05) is 12.1 Å². The molecule has 1 aliphatic heterocycles. The zero-order chi connectivity index (χ0) is 13.3. The molecule has 4 nitrogen and oxygen atoms in total. The van der Waals surface area contributed by atoms with Crippen LogP contribution in [0.4, 0.5) is 0 Å². The molecule has 0 atom stereocenters. The van der Waals surface area contributed by atoms with Gasteiger partial charge in [-0.25, -0.2) is 0 Å². The van der Waals surface area contributed by atoms with Crippen LogP contribution >= 0.6 is 0 Å². The lowest BCUT2D eigenvalue weighted by Gasteiger charge is -2.38. The zero-order valence-corrected chi connectivity index (χ0v) is 10.8. The minimum absolute atomic E-state index is 0.268. The zero-order valence-electron chi connectivity index (χ0n) is 10.8. The van der Waals surface area contributed by atoms with Gasteiger partial charge in [0.15, 0.2) is 0 Å². The Morgan fingerprint density at radius 1 is 1.33 bits per heavy atom. The molecule has 0 aromatic heterocycles. The lowest BCUT2D eigenvalue weighted by Crippen LogP contribution is -2.46. The number of phenols is 1. The minimum Gasteiger partial charge on any atom is -0.507 e. The fraction of sp³-hybridized carbons (Fsp3) is 0.500. The smallest absolute Gasteiger partial charge is 0.303 e. The molecule has 1 saturated heterocycles. The summed E-state index contributed by atoms with van der Waals surface area (Å²) in [5, 5.41) is 18.4. The first-order valence-electron chi connectivity index (χ1n) is 6.19. The number of likely N-dealkylation sites (tertiary alicyclic amines) is 1. The van der Waals surface area contributed by atoms with Crippen molar-refractivity contribution in [2.45, 2.75) is 26.8 Å². The number of nitrogens with zero attached hydrogens (tertiary/aromatic N) is 1. The topological polar surface area (TPSA) is 60.8 Å². The average molecular weight is 249 g/mol. The molecule has 1 aromatic rings. The molecule has 0 spiro atoms. The Balaban J connectivity index is 1.91. The van der Waals surface area contributed by atoms with Gasteiger partial charge in [-0.15, -0.1) is 0 Å². The van der Waals surface area contributed by atoms with Crippen molar-refractivity contribution in [2.75, 3.05) is 13.1 Å². The number of phenolic OH excluding ortho intramolecular Hbond substituents is 1. The number of hydrogen-bond donors (Lipinski definition) is 2. The summed E-state index contributed by atoms with van der Waals surface area (Å²) >= 11 is 0. The van der Waals surface area contributed by atoms with Crippen LogP contribution in [-0.2, 0) is 11.3 Å². The Bertz CT molecular complexity index is 441. The number of carboxylic acid groups (broad SMARTS) is 1. The highest BCUT2D eigenvalue weighted by Crippen LogP contribution is 2.26. The average Bonchev–Trinajstić information content (AvgIpc) is 2.22. The summed E-state index contributed by atoms with van der Waals surface area (Å²) in [6.07, 6.45) is 0.268. The van der Waals surface area contributed by atoms with Crippen molar-refractivity contribution < 1.29 is 15.0 Å². The van der Waals surface area contributed by atoms with Gasteiger partial charge in [0, 0.05) is 19.6 Å². The van der Waals surface area contributed by atoms with Gasteiger partial charge in [0.2, 0.25) is 0 Å². The quantitative estimate of drug-likeness (QED) is 0.855. The van der Waals surface area contributed by atoms with E-state index in [1.165, 1.54) is 5.56 Å². The Hall–Kier alpha value is -1.55. The van der Waals surface area contributed by atoms with Crippen LogP contribution in [0.2, 0.25) is 0 Å². The number of benzene rings is 1. The molecule has 0 amide bonds. The fourth-order valence-electron chi connectivity index (χ4n) is 2.58. The first-order chi connectivity index (χ1) is 8.45. The van der Waals surface area contributed by atoms with E-state index >= 15 is 0 Å². The molecule has 0 radical (unpaired) electrons. The molecule has 0 aliphatic carbocycles. The van der Waals surface area contributed by atoms with E-state index in [2.05, 4.69) is 4.90 Å². The molecular formula is C14H19NO3. The summed E-state index contributed by atoms with van der Waals surface area (Å²) in [6, 6.07) is 3.99. The van der Waals surface area contributed by atoms with E-state index in [1.54, 1.807) is 0 Å². The highest BCUT2D eigenvalue weighted by molar-refractivity contribution is 5.67. The predicted octanol–water partition coefficient (Wildman–Crippen LogP) is 1.92. The monoisotopic (exact) mass is 249 g/mol. The van der Waals surface area contributed by atoms with E-state index in [-0.39, 0.29) is 6.42 Å². The lowest BCUT2D eigenvalue weighted by molar-refractivity contribution is -0.139. The van der Waals surface area contributed by atoms with E-state index in [0.717, 1.165) is 30.8 Å². The summed E-state index contributed by atoms with van der Waals surface area (Å²) in [6.45, 7) is 6.33. The third kappa shape index (κ3) is 2.82. The molecule has 98 valence electrons. The molecule has 1 aliphatic rings. The van der Waals surface area contributed by atoms with Gasteiger partial charge in [0.25, 0.3) is 0 Å². The number of aryl methyl sites for hydroxylation is 2. The first kappa shape index (κ1) is 12.9. The van der Waals surface area contributed by atoms with Gasteiger partial charge in [-0.3, -0.25) is 9.69 Å². The van der Waals surface area contributed by atoms with E-state index < -0.39 is 5.97 Å². The number of aromatic hydroxyl groups is 1. The van der Waals surface area contributed by atoms with Gasteiger partial charge in [-0.05, 0) is 36.5 Å². The first-order valence-corrected chi connectivity index (χ1v) is 6.19. The number of aliphatic carboxylic acids is 1. The van der Waals surface area contributed by atoms with Crippen molar-refractivity contribution in [3.05, 3.63) is 28.8 Å². The molecule has 2 rings (SSSR count). The van der Waals surface area contributed by atoms with Gasteiger partial charge < -0.3 is 10.2 Å². The fourth-order valence-corrected chi connectivity index (χ4v) is 2.58. The van der Waals surface area contributed by atoms with Crippen molar-refractivity contribution in [2.24, 2.45) is 5.92 Å². The maximum Gasteiger partial charge on any atom is 0.303 e. The number of carbonyl (C=O) groups is 1. The third-order valence-corrected chi connectivity index (χ3v) is 3.45. The summed E-state index contributed by atoms with van der Waals surface area (Å²) in [5.74, 6) is -0.0519. The van der Waals surface area contributed by atoms with Crippen LogP contribution in [-0.4, -0.2) is 34.2 Å². The van der Waals surface area contributed by atoms with Crippen molar-refractivity contribution in [1.29, 1.82) is 0 Å². The van der Waals surface area contributed by atoms with Gasteiger partial charge in [0.05, 0.1) is 6.42 Å².